The van der Waals surface area contributed by atoms with Gasteiger partial charge in [0.2, 0.25) is 5.91 Å². The molecule has 0 aliphatic rings. The molecule has 0 bridgehead atoms. The van der Waals surface area contributed by atoms with E-state index in [1.165, 1.54) is 18.2 Å². The Hall–Kier alpha value is -2.16. The number of hydrogen-bond acceptors (Lipinski definition) is 4. The summed E-state index contributed by atoms with van der Waals surface area (Å²) in [5, 5.41) is 2.33. The molecule has 0 aliphatic carbocycles. The van der Waals surface area contributed by atoms with Crippen LogP contribution in [-0.4, -0.2) is 21.6 Å². The van der Waals surface area contributed by atoms with Crippen molar-refractivity contribution in [1.82, 2.24) is 15.3 Å². The second-order valence-corrected chi connectivity index (χ2v) is 5.32. The number of halogens is 4. The smallest absolute Gasteiger partial charge is 0.351 e. The van der Waals surface area contributed by atoms with Crippen molar-refractivity contribution >= 4 is 17.7 Å². The molecule has 9 heteroatoms. The second-order valence-electron chi connectivity index (χ2n) is 4.38. The summed E-state index contributed by atoms with van der Waals surface area (Å²) in [4.78, 5) is 18.7. The largest absolute Gasteiger partial charge is 0.433 e. The van der Waals surface area contributed by atoms with Gasteiger partial charge in [-0.1, -0.05) is 30.0 Å². The van der Waals surface area contributed by atoms with E-state index in [1.54, 1.807) is 6.07 Å². The molecule has 1 heterocycles. The van der Waals surface area contributed by atoms with Crippen LogP contribution in [0.4, 0.5) is 17.6 Å². The fourth-order valence-corrected chi connectivity index (χ4v) is 2.25. The number of carbonyl (C=O) groups is 1. The van der Waals surface area contributed by atoms with Gasteiger partial charge >= 0.3 is 6.18 Å². The predicted octanol–water partition coefficient (Wildman–Crippen LogP) is 3.04. The van der Waals surface area contributed by atoms with Crippen molar-refractivity contribution in [2.24, 2.45) is 0 Å². The summed E-state index contributed by atoms with van der Waals surface area (Å²) in [6.07, 6.45) is -3.58. The van der Waals surface area contributed by atoms with Gasteiger partial charge in [0.1, 0.15) is 11.5 Å². The molecule has 0 unspecified atom stereocenters. The SMILES string of the molecule is O=C(CSc1nccc(C(F)(F)F)n1)NCc1ccccc1F. The quantitative estimate of drug-likeness (QED) is 0.514. The minimum atomic E-state index is -4.56. The topological polar surface area (TPSA) is 54.9 Å². The molecule has 0 aliphatic heterocycles. The third-order valence-electron chi connectivity index (χ3n) is 2.69. The maximum atomic E-state index is 13.4. The molecule has 2 aromatic rings. The van der Waals surface area contributed by atoms with Crippen LogP contribution < -0.4 is 5.32 Å². The Labute approximate surface area is 133 Å². The Kier molecular flexibility index (Phi) is 5.54. The maximum Gasteiger partial charge on any atom is 0.433 e. The molecule has 1 N–H and O–H groups in total. The summed E-state index contributed by atoms with van der Waals surface area (Å²) in [5.74, 6) is -1.07. The fourth-order valence-electron chi connectivity index (χ4n) is 1.58. The first-order valence-corrected chi connectivity index (χ1v) is 7.38. The third kappa shape index (κ3) is 5.20. The van der Waals surface area contributed by atoms with Crippen molar-refractivity contribution in [3.63, 3.8) is 0 Å². The Morgan fingerprint density at radius 2 is 1.96 bits per heavy atom. The Balaban J connectivity index is 1.86. The predicted molar refractivity (Wildman–Crippen MR) is 76.0 cm³/mol. The number of carbonyl (C=O) groups excluding carboxylic acids is 1. The zero-order chi connectivity index (χ0) is 16.9. The number of aromatic nitrogens is 2. The molecule has 0 fully saturated rings. The van der Waals surface area contributed by atoms with Gasteiger partial charge in [-0.2, -0.15) is 13.2 Å². The first-order valence-electron chi connectivity index (χ1n) is 6.39. The van der Waals surface area contributed by atoms with E-state index in [0.717, 1.165) is 24.0 Å². The minimum Gasteiger partial charge on any atom is -0.351 e. The number of amides is 1. The summed E-state index contributed by atoms with van der Waals surface area (Å²) < 4.78 is 50.9. The second kappa shape index (κ2) is 7.40. The van der Waals surface area contributed by atoms with Crippen LogP contribution in [0.25, 0.3) is 0 Å². The van der Waals surface area contributed by atoms with Crippen molar-refractivity contribution in [2.75, 3.05) is 5.75 Å². The molecule has 4 nitrogen and oxygen atoms in total. The van der Waals surface area contributed by atoms with Crippen LogP contribution in [0, 0.1) is 5.82 Å². The number of rotatable bonds is 5. The Morgan fingerprint density at radius 1 is 1.22 bits per heavy atom. The average Bonchev–Trinajstić information content (AvgIpc) is 2.51. The molecule has 1 aromatic heterocycles. The van der Waals surface area contributed by atoms with Gasteiger partial charge < -0.3 is 5.32 Å². The van der Waals surface area contributed by atoms with Gasteiger partial charge in [0.15, 0.2) is 5.16 Å². The normalized spacial score (nSPS) is 11.3. The molecule has 2 rings (SSSR count). The van der Waals surface area contributed by atoms with Crippen LogP contribution in [-0.2, 0) is 17.5 Å². The lowest BCUT2D eigenvalue weighted by molar-refractivity contribution is -0.141. The zero-order valence-electron chi connectivity index (χ0n) is 11.6. The van der Waals surface area contributed by atoms with Gasteiger partial charge in [-0.05, 0) is 12.1 Å². The molecule has 0 atom stereocenters. The molecular weight excluding hydrogens is 334 g/mol. The molecule has 23 heavy (non-hydrogen) atoms. The van der Waals surface area contributed by atoms with Gasteiger partial charge in [0.05, 0.1) is 5.75 Å². The van der Waals surface area contributed by atoms with E-state index >= 15 is 0 Å². The van der Waals surface area contributed by atoms with Crippen molar-refractivity contribution in [3.8, 4) is 0 Å². The average molecular weight is 345 g/mol. The molecule has 122 valence electrons. The molecule has 0 spiro atoms. The number of nitrogens with one attached hydrogen (secondary N) is 1. The van der Waals surface area contributed by atoms with Gasteiger partial charge in [-0.3, -0.25) is 4.79 Å². The highest BCUT2D eigenvalue weighted by Gasteiger charge is 2.32. The van der Waals surface area contributed by atoms with Gasteiger partial charge in [0.25, 0.3) is 0 Å². The van der Waals surface area contributed by atoms with Crippen LogP contribution in [0.15, 0.2) is 41.7 Å². The Bertz CT molecular complexity index is 694. The van der Waals surface area contributed by atoms with E-state index in [9.17, 15) is 22.4 Å². The first-order chi connectivity index (χ1) is 10.9. The summed E-state index contributed by atoms with van der Waals surface area (Å²) in [5.41, 5.74) is -0.747. The summed E-state index contributed by atoms with van der Waals surface area (Å²) in [6, 6.07) is 6.71. The van der Waals surface area contributed by atoms with Crippen LogP contribution in [0.3, 0.4) is 0 Å². The highest BCUT2D eigenvalue weighted by molar-refractivity contribution is 7.99. The standard InChI is InChI=1S/C14H11F4N3OS/c15-10-4-2-1-3-9(10)7-20-12(22)8-23-13-19-6-5-11(21-13)14(16,17)18/h1-6H,7-8H2,(H,20,22). The van der Waals surface area contributed by atoms with Crippen LogP contribution in [0.2, 0.25) is 0 Å². The summed E-state index contributed by atoms with van der Waals surface area (Å²) in [6.45, 7) is -0.00445. The number of benzene rings is 1. The first kappa shape index (κ1) is 17.2. The van der Waals surface area contributed by atoms with Gasteiger partial charge in [-0.25, -0.2) is 14.4 Å². The van der Waals surface area contributed by atoms with Crippen molar-refractivity contribution < 1.29 is 22.4 Å². The molecule has 1 amide bonds. The van der Waals surface area contributed by atoms with Gasteiger partial charge in [-0.15, -0.1) is 0 Å². The minimum absolute atomic E-state index is 0.00445. The fraction of sp³-hybridized carbons (Fsp3) is 0.214. The van der Waals surface area contributed by atoms with E-state index in [2.05, 4.69) is 15.3 Å². The lowest BCUT2D eigenvalue weighted by Gasteiger charge is -2.07. The zero-order valence-corrected chi connectivity index (χ0v) is 12.4. The van der Waals surface area contributed by atoms with Crippen LogP contribution >= 0.6 is 11.8 Å². The lowest BCUT2D eigenvalue weighted by Crippen LogP contribution is -2.25. The van der Waals surface area contributed by atoms with Crippen LogP contribution in [0.1, 0.15) is 11.3 Å². The van der Waals surface area contributed by atoms with Crippen molar-refractivity contribution in [1.29, 1.82) is 0 Å². The Morgan fingerprint density at radius 3 is 2.65 bits per heavy atom. The highest BCUT2D eigenvalue weighted by Crippen LogP contribution is 2.28. The number of hydrogen-bond donors (Lipinski definition) is 1. The summed E-state index contributed by atoms with van der Waals surface area (Å²) >= 11 is 0.770. The number of thioether (sulfide) groups is 1. The summed E-state index contributed by atoms with van der Waals surface area (Å²) in [7, 11) is 0. The van der Waals surface area contributed by atoms with Crippen molar-refractivity contribution in [3.05, 3.63) is 53.6 Å². The highest BCUT2D eigenvalue weighted by atomic mass is 32.2. The monoisotopic (exact) mass is 345 g/mol. The molecule has 0 saturated carbocycles. The number of alkyl halides is 3. The van der Waals surface area contributed by atoms with E-state index < -0.39 is 23.6 Å². The third-order valence-corrected chi connectivity index (χ3v) is 3.55. The van der Waals surface area contributed by atoms with E-state index in [-0.39, 0.29) is 17.5 Å². The van der Waals surface area contributed by atoms with Crippen LogP contribution in [0.5, 0.6) is 0 Å². The maximum absolute atomic E-state index is 13.4. The van der Waals surface area contributed by atoms with Gasteiger partial charge in [0, 0.05) is 18.3 Å². The number of nitrogens with zero attached hydrogens (tertiary/aromatic N) is 2. The molecule has 0 saturated heterocycles. The molecule has 1 aromatic carbocycles. The lowest BCUT2D eigenvalue weighted by atomic mass is 10.2. The van der Waals surface area contributed by atoms with E-state index in [4.69, 9.17) is 0 Å². The van der Waals surface area contributed by atoms with E-state index in [0.29, 0.717) is 5.56 Å². The molecule has 0 radical (unpaired) electrons. The van der Waals surface area contributed by atoms with E-state index in [1.807, 2.05) is 0 Å². The van der Waals surface area contributed by atoms with Crippen molar-refractivity contribution in [2.45, 2.75) is 17.9 Å². The molecular formula is C14H11F4N3OS.